The van der Waals surface area contributed by atoms with Crippen molar-refractivity contribution in [2.24, 2.45) is 0 Å². The van der Waals surface area contributed by atoms with Gasteiger partial charge in [-0.3, -0.25) is 4.79 Å². The van der Waals surface area contributed by atoms with Gasteiger partial charge >= 0.3 is 5.97 Å². The summed E-state index contributed by atoms with van der Waals surface area (Å²) in [6.07, 6.45) is 0. The highest BCUT2D eigenvalue weighted by atomic mass is 79.9. The second-order valence-electron chi connectivity index (χ2n) is 6.17. The lowest BCUT2D eigenvalue weighted by Gasteiger charge is -2.17. The smallest absolute Gasteiger partial charge is 0.337 e. The van der Waals surface area contributed by atoms with Gasteiger partial charge in [0, 0.05) is 5.69 Å². The molecule has 0 unspecified atom stereocenters. The summed E-state index contributed by atoms with van der Waals surface area (Å²) in [5.74, 6) is 0.0914. The maximum absolute atomic E-state index is 12.3. The summed E-state index contributed by atoms with van der Waals surface area (Å²) in [4.78, 5) is 23.8. The lowest BCUT2D eigenvalue weighted by molar-refractivity contribution is -0.118. The van der Waals surface area contributed by atoms with Crippen molar-refractivity contribution in [3.8, 4) is 5.75 Å². The van der Waals surface area contributed by atoms with E-state index in [-0.39, 0.29) is 12.5 Å². The molecular weight excluding hydrogens is 398 g/mol. The third kappa shape index (κ3) is 4.85. The number of para-hydroxylation sites is 1. The van der Waals surface area contributed by atoms with Crippen LogP contribution in [0, 0.1) is 6.92 Å². The zero-order valence-electron chi connectivity index (χ0n) is 15.3. The second-order valence-corrected chi connectivity index (χ2v) is 7.02. The zero-order chi connectivity index (χ0) is 19.3. The van der Waals surface area contributed by atoms with Crippen molar-refractivity contribution >= 4 is 33.5 Å². The van der Waals surface area contributed by atoms with Gasteiger partial charge in [-0.1, -0.05) is 32.0 Å². The van der Waals surface area contributed by atoms with Crippen LogP contribution in [0.2, 0.25) is 0 Å². The maximum atomic E-state index is 12.3. The molecule has 26 heavy (non-hydrogen) atoms. The van der Waals surface area contributed by atoms with Crippen molar-refractivity contribution in [1.29, 1.82) is 0 Å². The lowest BCUT2D eigenvalue weighted by Crippen LogP contribution is -2.22. The number of rotatable bonds is 6. The Hall–Kier alpha value is -2.34. The van der Waals surface area contributed by atoms with Crippen molar-refractivity contribution in [2.75, 3.05) is 19.0 Å². The van der Waals surface area contributed by atoms with Crippen LogP contribution in [-0.4, -0.2) is 25.6 Å². The molecular formula is C20H22BrNO4. The highest BCUT2D eigenvalue weighted by Gasteiger charge is 2.14. The predicted molar refractivity (Wildman–Crippen MR) is 105 cm³/mol. The number of esters is 1. The van der Waals surface area contributed by atoms with Crippen LogP contribution in [0.5, 0.6) is 5.75 Å². The summed E-state index contributed by atoms with van der Waals surface area (Å²) in [5, 5.41) is 2.94. The number of hydrogen-bond donors (Lipinski definition) is 1. The minimum atomic E-state index is -0.434. The molecule has 0 heterocycles. The average molecular weight is 420 g/mol. The molecule has 0 saturated heterocycles. The Balaban J connectivity index is 2.05. The van der Waals surface area contributed by atoms with Crippen LogP contribution in [0.15, 0.2) is 40.9 Å². The van der Waals surface area contributed by atoms with E-state index in [0.29, 0.717) is 21.7 Å². The van der Waals surface area contributed by atoms with Crippen LogP contribution in [-0.2, 0) is 9.53 Å². The molecule has 0 bridgehead atoms. The summed E-state index contributed by atoms with van der Waals surface area (Å²) in [6, 6.07) is 10.8. The van der Waals surface area contributed by atoms with E-state index >= 15 is 0 Å². The summed E-state index contributed by atoms with van der Waals surface area (Å²) >= 11 is 3.34. The number of methoxy groups -OCH3 is 1. The number of amides is 1. The topological polar surface area (TPSA) is 64.6 Å². The molecule has 0 spiro atoms. The van der Waals surface area contributed by atoms with Crippen LogP contribution >= 0.6 is 15.9 Å². The number of ether oxygens (including phenoxy) is 2. The first-order chi connectivity index (χ1) is 12.3. The second kappa shape index (κ2) is 8.85. The highest BCUT2D eigenvalue weighted by Crippen LogP contribution is 2.28. The molecule has 0 saturated carbocycles. The maximum Gasteiger partial charge on any atom is 0.337 e. The number of carbonyl (C=O) groups is 2. The van der Waals surface area contributed by atoms with Crippen LogP contribution in [0.1, 0.15) is 41.3 Å². The van der Waals surface area contributed by atoms with Gasteiger partial charge in [-0.25, -0.2) is 4.79 Å². The monoisotopic (exact) mass is 419 g/mol. The van der Waals surface area contributed by atoms with Crippen LogP contribution < -0.4 is 10.1 Å². The molecule has 0 aromatic heterocycles. The first-order valence-corrected chi connectivity index (χ1v) is 9.02. The Morgan fingerprint density at radius 2 is 1.92 bits per heavy atom. The van der Waals surface area contributed by atoms with E-state index in [1.165, 1.54) is 7.11 Å². The number of aryl methyl sites for hydroxylation is 1. The summed E-state index contributed by atoms with van der Waals surface area (Å²) < 4.78 is 10.8. The first-order valence-electron chi connectivity index (χ1n) is 8.23. The fourth-order valence-corrected chi connectivity index (χ4v) is 3.02. The van der Waals surface area contributed by atoms with Gasteiger partial charge in [-0.2, -0.15) is 0 Å². The third-order valence-electron chi connectivity index (χ3n) is 3.90. The van der Waals surface area contributed by atoms with Gasteiger partial charge in [0.05, 0.1) is 17.1 Å². The van der Waals surface area contributed by atoms with Gasteiger partial charge in [-0.15, -0.1) is 0 Å². The fraction of sp³-hybridized carbons (Fsp3) is 0.300. The van der Waals surface area contributed by atoms with E-state index < -0.39 is 5.97 Å². The molecule has 2 aromatic rings. The van der Waals surface area contributed by atoms with Crippen LogP contribution in [0.4, 0.5) is 5.69 Å². The quantitative estimate of drug-likeness (QED) is 0.689. The highest BCUT2D eigenvalue weighted by molar-refractivity contribution is 9.10. The fourth-order valence-electron chi connectivity index (χ4n) is 2.52. The number of carbonyl (C=O) groups excluding carboxylic acids is 2. The molecule has 5 nitrogen and oxygen atoms in total. The Kier molecular flexibility index (Phi) is 6.80. The summed E-state index contributed by atoms with van der Waals surface area (Å²) in [6.45, 7) is 5.99. The standard InChI is InChI=1S/C20H22BrNO4/c1-12(2)15-7-5-6-13(3)19(15)22-18(23)11-26-17-9-8-14(10-16(17)21)20(24)25-4/h5-10,12H,11H2,1-4H3,(H,22,23). The molecule has 0 aliphatic rings. The van der Waals surface area contributed by atoms with Crippen molar-refractivity contribution in [2.45, 2.75) is 26.7 Å². The van der Waals surface area contributed by atoms with Crippen molar-refractivity contribution in [1.82, 2.24) is 0 Å². The number of nitrogens with one attached hydrogen (secondary N) is 1. The molecule has 0 atom stereocenters. The Morgan fingerprint density at radius 3 is 2.54 bits per heavy atom. The van der Waals surface area contributed by atoms with Gasteiger partial charge in [0.15, 0.2) is 6.61 Å². The van der Waals surface area contributed by atoms with Gasteiger partial charge < -0.3 is 14.8 Å². The largest absolute Gasteiger partial charge is 0.483 e. The van der Waals surface area contributed by atoms with Gasteiger partial charge in [-0.05, 0) is 58.1 Å². The minimum absolute atomic E-state index is 0.137. The van der Waals surface area contributed by atoms with Crippen LogP contribution in [0.25, 0.3) is 0 Å². The Bertz CT molecular complexity index is 817. The molecule has 1 N–H and O–H groups in total. The molecule has 0 aliphatic carbocycles. The van der Waals surface area contributed by atoms with Crippen molar-refractivity contribution in [3.05, 3.63) is 57.6 Å². The van der Waals surface area contributed by atoms with Gasteiger partial charge in [0.25, 0.3) is 5.91 Å². The van der Waals surface area contributed by atoms with Gasteiger partial charge in [0.1, 0.15) is 5.75 Å². The van der Waals surface area contributed by atoms with E-state index in [2.05, 4.69) is 39.8 Å². The van der Waals surface area contributed by atoms with E-state index in [4.69, 9.17) is 4.74 Å². The van der Waals surface area contributed by atoms with E-state index in [1.807, 2.05) is 25.1 Å². The first kappa shape index (κ1) is 20.0. The normalized spacial score (nSPS) is 10.5. The molecule has 2 rings (SSSR count). The number of halogens is 1. The summed E-state index contributed by atoms with van der Waals surface area (Å²) in [5.41, 5.74) is 3.32. The molecule has 0 fully saturated rings. The van der Waals surface area contributed by atoms with Crippen molar-refractivity contribution in [3.63, 3.8) is 0 Å². The Morgan fingerprint density at radius 1 is 1.19 bits per heavy atom. The zero-order valence-corrected chi connectivity index (χ0v) is 16.8. The molecule has 6 heteroatoms. The number of hydrogen-bond acceptors (Lipinski definition) is 4. The summed E-state index contributed by atoms with van der Waals surface area (Å²) in [7, 11) is 1.32. The molecule has 138 valence electrons. The van der Waals surface area contributed by atoms with Crippen molar-refractivity contribution < 1.29 is 19.1 Å². The molecule has 0 aliphatic heterocycles. The van der Waals surface area contributed by atoms with E-state index in [0.717, 1.165) is 16.8 Å². The molecule has 0 radical (unpaired) electrons. The van der Waals surface area contributed by atoms with E-state index in [9.17, 15) is 9.59 Å². The average Bonchev–Trinajstić information content (AvgIpc) is 2.61. The third-order valence-corrected chi connectivity index (χ3v) is 4.52. The number of benzene rings is 2. The van der Waals surface area contributed by atoms with E-state index in [1.54, 1.807) is 18.2 Å². The van der Waals surface area contributed by atoms with Crippen LogP contribution in [0.3, 0.4) is 0 Å². The predicted octanol–water partition coefficient (Wildman–Crippen LogP) is 4.69. The number of anilines is 1. The SMILES string of the molecule is COC(=O)c1ccc(OCC(=O)Nc2c(C)cccc2C(C)C)c(Br)c1. The molecule has 1 amide bonds. The lowest BCUT2D eigenvalue weighted by atomic mass is 9.98. The van der Waals surface area contributed by atoms with Gasteiger partial charge in [0.2, 0.25) is 0 Å². The minimum Gasteiger partial charge on any atom is -0.483 e. The Labute approximate surface area is 161 Å². The molecule has 2 aromatic carbocycles.